The van der Waals surface area contributed by atoms with E-state index in [0.29, 0.717) is 24.4 Å². The zero-order valence-corrected chi connectivity index (χ0v) is 10.8. The topological polar surface area (TPSA) is 34.1 Å². The summed E-state index contributed by atoms with van der Waals surface area (Å²) in [4.78, 5) is 3.69. The first kappa shape index (κ1) is 14.4. The molecule has 3 nitrogen and oxygen atoms in total. The molecule has 1 saturated carbocycles. The van der Waals surface area contributed by atoms with E-state index in [-0.39, 0.29) is 18.2 Å². The first-order valence-corrected chi connectivity index (χ1v) is 5.92. The third kappa shape index (κ3) is 2.79. The molecule has 0 bridgehead atoms. The highest BCUT2D eigenvalue weighted by Gasteiger charge is 2.53. The van der Waals surface area contributed by atoms with Crippen LogP contribution in [-0.4, -0.2) is 24.7 Å². The molecule has 0 aromatic carbocycles. The Morgan fingerprint density at radius 2 is 2.00 bits per heavy atom. The van der Waals surface area contributed by atoms with E-state index in [4.69, 9.17) is 4.74 Å². The van der Waals surface area contributed by atoms with E-state index in [1.807, 2.05) is 0 Å². The van der Waals surface area contributed by atoms with Crippen LogP contribution in [0.15, 0.2) is 18.5 Å². The Balaban J connectivity index is 0.00000133. The van der Waals surface area contributed by atoms with Crippen LogP contribution < -0.4 is 10.1 Å². The van der Waals surface area contributed by atoms with E-state index in [1.54, 1.807) is 0 Å². The van der Waals surface area contributed by atoms with Gasteiger partial charge in [-0.3, -0.25) is 4.98 Å². The van der Waals surface area contributed by atoms with Gasteiger partial charge in [0.05, 0.1) is 12.8 Å². The number of pyridine rings is 1. The van der Waals surface area contributed by atoms with Crippen molar-refractivity contribution in [2.45, 2.75) is 6.18 Å². The van der Waals surface area contributed by atoms with Crippen LogP contribution in [-0.2, 0) is 6.18 Å². The van der Waals surface area contributed by atoms with Crippen molar-refractivity contribution in [2.75, 3.05) is 19.7 Å². The lowest BCUT2D eigenvalue weighted by Crippen LogP contribution is -2.18. The van der Waals surface area contributed by atoms with Crippen molar-refractivity contribution in [2.24, 2.45) is 17.8 Å². The average Bonchev–Trinajstić information content (AvgIpc) is 2.77. The third-order valence-electron chi connectivity index (χ3n) is 3.79. The summed E-state index contributed by atoms with van der Waals surface area (Å²) in [7, 11) is 0. The van der Waals surface area contributed by atoms with Gasteiger partial charge in [-0.2, -0.15) is 13.2 Å². The largest absolute Gasteiger partial charge is 0.491 e. The number of piperidine rings is 1. The molecule has 0 amide bonds. The quantitative estimate of drug-likeness (QED) is 0.929. The summed E-state index contributed by atoms with van der Waals surface area (Å²) >= 11 is 0. The molecule has 19 heavy (non-hydrogen) atoms. The molecule has 2 aliphatic rings. The Hall–Kier alpha value is -1.01. The number of halogens is 4. The Bertz CT molecular complexity index is 445. The second-order valence-corrected chi connectivity index (χ2v) is 4.83. The van der Waals surface area contributed by atoms with Crippen LogP contribution >= 0.6 is 12.4 Å². The van der Waals surface area contributed by atoms with E-state index in [9.17, 15) is 13.2 Å². The first-order chi connectivity index (χ1) is 8.57. The number of nitrogens with one attached hydrogen (secondary N) is 1. The Kier molecular flexibility index (Phi) is 3.92. The molecule has 2 heterocycles. The van der Waals surface area contributed by atoms with Crippen LogP contribution in [0.4, 0.5) is 13.2 Å². The fourth-order valence-corrected chi connectivity index (χ4v) is 2.71. The molecule has 1 unspecified atom stereocenters. The SMILES string of the molecule is Cl.FC(F)(F)c1ccncc1OCC1[C@H]2CNC[C@@H]12. The summed E-state index contributed by atoms with van der Waals surface area (Å²) in [5.74, 6) is 1.39. The van der Waals surface area contributed by atoms with Gasteiger partial charge in [-0.1, -0.05) is 0 Å². The molecule has 1 N–H and O–H groups in total. The molecule has 1 aliphatic heterocycles. The molecular formula is C12H14ClF3N2O. The van der Waals surface area contributed by atoms with Crippen molar-refractivity contribution in [3.8, 4) is 5.75 Å². The molecule has 1 aromatic rings. The van der Waals surface area contributed by atoms with Crippen molar-refractivity contribution < 1.29 is 17.9 Å². The average molecular weight is 295 g/mol. The molecular weight excluding hydrogens is 281 g/mol. The first-order valence-electron chi connectivity index (χ1n) is 5.92. The molecule has 3 atom stereocenters. The second-order valence-electron chi connectivity index (χ2n) is 4.83. The number of aromatic nitrogens is 1. The van der Waals surface area contributed by atoms with Crippen molar-refractivity contribution in [1.29, 1.82) is 0 Å². The molecule has 2 fully saturated rings. The Morgan fingerprint density at radius 1 is 1.32 bits per heavy atom. The van der Waals surface area contributed by atoms with Gasteiger partial charge in [0.15, 0.2) is 0 Å². The van der Waals surface area contributed by atoms with E-state index in [1.165, 1.54) is 0 Å². The van der Waals surface area contributed by atoms with Crippen LogP contribution in [0.5, 0.6) is 5.75 Å². The summed E-state index contributed by atoms with van der Waals surface area (Å²) in [5.41, 5.74) is -0.749. The number of nitrogens with zero attached hydrogens (tertiary/aromatic N) is 1. The maximum atomic E-state index is 12.7. The van der Waals surface area contributed by atoms with E-state index >= 15 is 0 Å². The number of rotatable bonds is 3. The summed E-state index contributed by atoms with van der Waals surface area (Å²) in [6.07, 6.45) is -2.12. The number of hydrogen-bond acceptors (Lipinski definition) is 3. The highest BCUT2D eigenvalue weighted by molar-refractivity contribution is 5.85. The summed E-state index contributed by atoms with van der Waals surface area (Å²) in [6, 6.07) is 0.949. The molecule has 1 aliphatic carbocycles. The van der Waals surface area contributed by atoms with Crippen LogP contribution in [0.3, 0.4) is 0 Å². The number of hydrogen-bond donors (Lipinski definition) is 1. The fourth-order valence-electron chi connectivity index (χ4n) is 2.71. The van der Waals surface area contributed by atoms with Crippen molar-refractivity contribution in [1.82, 2.24) is 10.3 Å². The van der Waals surface area contributed by atoms with Gasteiger partial charge < -0.3 is 10.1 Å². The van der Waals surface area contributed by atoms with Crippen molar-refractivity contribution >= 4 is 12.4 Å². The summed E-state index contributed by atoms with van der Waals surface area (Å²) in [5, 5.41) is 3.24. The van der Waals surface area contributed by atoms with Gasteiger partial charge in [0, 0.05) is 12.1 Å². The third-order valence-corrected chi connectivity index (χ3v) is 3.79. The lowest BCUT2D eigenvalue weighted by atomic mass is 10.2. The summed E-state index contributed by atoms with van der Waals surface area (Å²) < 4.78 is 43.4. The number of ether oxygens (including phenoxy) is 1. The molecule has 0 radical (unpaired) electrons. The zero-order chi connectivity index (χ0) is 12.8. The molecule has 1 saturated heterocycles. The Labute approximate surface area is 115 Å². The van der Waals surface area contributed by atoms with Gasteiger partial charge in [0.2, 0.25) is 0 Å². The zero-order valence-electron chi connectivity index (χ0n) is 9.98. The molecule has 7 heteroatoms. The Morgan fingerprint density at radius 3 is 2.63 bits per heavy atom. The van der Waals surface area contributed by atoms with E-state index in [0.717, 1.165) is 31.5 Å². The number of alkyl halides is 3. The lowest BCUT2D eigenvalue weighted by Gasteiger charge is -2.13. The molecule has 0 spiro atoms. The van der Waals surface area contributed by atoms with Crippen molar-refractivity contribution in [3.63, 3.8) is 0 Å². The normalized spacial score (nSPS) is 28.5. The minimum Gasteiger partial charge on any atom is -0.491 e. The number of fused-ring (bicyclic) bond motifs is 1. The van der Waals surface area contributed by atoms with Gasteiger partial charge >= 0.3 is 6.18 Å². The van der Waals surface area contributed by atoms with Crippen LogP contribution in [0.1, 0.15) is 5.56 Å². The standard InChI is InChI=1S/C12H13F3N2O.ClH/c13-12(14,15)10-1-2-16-5-11(10)18-6-9-7-3-17-4-8(7)9;/h1-2,5,7-9,17H,3-4,6H2;1H/t7-,8+,9?;. The van der Waals surface area contributed by atoms with Crippen LogP contribution in [0.25, 0.3) is 0 Å². The van der Waals surface area contributed by atoms with Gasteiger partial charge in [-0.05, 0) is 31.0 Å². The highest BCUT2D eigenvalue weighted by Crippen LogP contribution is 2.49. The van der Waals surface area contributed by atoms with Gasteiger partial charge in [0.25, 0.3) is 0 Å². The fraction of sp³-hybridized carbons (Fsp3) is 0.583. The predicted octanol–water partition coefficient (Wildman–Crippen LogP) is 2.37. The molecule has 1 aromatic heterocycles. The van der Waals surface area contributed by atoms with Crippen LogP contribution in [0.2, 0.25) is 0 Å². The van der Waals surface area contributed by atoms with Gasteiger partial charge in [-0.25, -0.2) is 0 Å². The smallest absolute Gasteiger partial charge is 0.420 e. The second kappa shape index (κ2) is 5.17. The maximum absolute atomic E-state index is 12.7. The van der Waals surface area contributed by atoms with Gasteiger partial charge in [-0.15, -0.1) is 12.4 Å². The maximum Gasteiger partial charge on any atom is 0.420 e. The van der Waals surface area contributed by atoms with E-state index < -0.39 is 11.7 Å². The van der Waals surface area contributed by atoms with Crippen molar-refractivity contribution in [3.05, 3.63) is 24.0 Å². The monoisotopic (exact) mass is 294 g/mol. The minimum atomic E-state index is -4.39. The summed E-state index contributed by atoms with van der Waals surface area (Å²) in [6.45, 7) is 2.27. The van der Waals surface area contributed by atoms with E-state index in [2.05, 4.69) is 10.3 Å². The van der Waals surface area contributed by atoms with Crippen LogP contribution in [0, 0.1) is 17.8 Å². The lowest BCUT2D eigenvalue weighted by molar-refractivity contribution is -0.139. The minimum absolute atomic E-state index is 0. The molecule has 3 rings (SSSR count). The van der Waals surface area contributed by atoms with Gasteiger partial charge in [0.1, 0.15) is 11.3 Å². The predicted molar refractivity (Wildman–Crippen MR) is 65.3 cm³/mol. The molecule has 106 valence electrons. The highest BCUT2D eigenvalue weighted by atomic mass is 35.5.